The van der Waals surface area contributed by atoms with Gasteiger partial charge in [0.2, 0.25) is 0 Å². The molecule has 5 rings (SSSR count). The smallest absolute Gasteiger partial charge is 0.328 e. The first kappa shape index (κ1) is 24.1. The zero-order chi connectivity index (χ0) is 25.2. The minimum absolute atomic E-state index is 0.00327. The predicted octanol–water partition coefficient (Wildman–Crippen LogP) is 4.55. The Bertz CT molecular complexity index is 1400. The highest BCUT2D eigenvalue weighted by molar-refractivity contribution is 6.11. The van der Waals surface area contributed by atoms with E-state index in [1.807, 2.05) is 54.1 Å². The number of carbonyl (C=O) groups excluding carboxylic acids is 1. The third kappa shape index (κ3) is 4.74. The Balaban J connectivity index is 1.19. The van der Waals surface area contributed by atoms with E-state index >= 15 is 0 Å². The number of aryl methyl sites for hydroxylation is 1. The molecule has 1 aliphatic carbocycles. The number of rotatable bonds is 8. The third-order valence-electron chi connectivity index (χ3n) is 7.66. The molecule has 1 aromatic heterocycles. The van der Waals surface area contributed by atoms with E-state index in [0.717, 1.165) is 65.1 Å². The molecule has 0 bridgehead atoms. The van der Waals surface area contributed by atoms with Crippen LogP contribution >= 0.6 is 0 Å². The molecule has 0 unspecified atom stereocenters. The van der Waals surface area contributed by atoms with Gasteiger partial charge < -0.3 is 9.47 Å². The maximum absolute atomic E-state index is 13.1. The minimum atomic E-state index is -0.00327. The Morgan fingerprint density at radius 3 is 2.50 bits per heavy atom. The average Bonchev–Trinajstić information content (AvgIpc) is 3.47. The van der Waals surface area contributed by atoms with Crippen molar-refractivity contribution in [3.05, 3.63) is 70.2 Å². The van der Waals surface area contributed by atoms with Crippen LogP contribution in [0.15, 0.2) is 63.9 Å². The van der Waals surface area contributed by atoms with E-state index in [2.05, 4.69) is 11.1 Å². The van der Waals surface area contributed by atoms with Gasteiger partial charge in [0.15, 0.2) is 0 Å². The SMILES string of the molecule is COc1cccc(C2=NCC(CC(=O)C3CCC(Cn4c(=O)n(C)c5ccc(OC)cc54)CC3)=C2)c1. The van der Waals surface area contributed by atoms with E-state index in [1.54, 1.807) is 18.8 Å². The summed E-state index contributed by atoms with van der Waals surface area (Å²) in [6, 6.07) is 13.6. The largest absolute Gasteiger partial charge is 0.497 e. The predicted molar refractivity (Wildman–Crippen MR) is 141 cm³/mol. The molecule has 0 spiro atoms. The minimum Gasteiger partial charge on any atom is -0.497 e. The molecule has 1 saturated carbocycles. The summed E-state index contributed by atoms with van der Waals surface area (Å²) in [5.41, 5.74) is 4.81. The molecule has 188 valence electrons. The van der Waals surface area contributed by atoms with Gasteiger partial charge in [0, 0.05) is 37.6 Å². The van der Waals surface area contributed by atoms with Crippen molar-refractivity contribution in [2.45, 2.75) is 38.6 Å². The van der Waals surface area contributed by atoms with E-state index in [1.165, 1.54) is 0 Å². The van der Waals surface area contributed by atoms with E-state index < -0.39 is 0 Å². The Morgan fingerprint density at radius 2 is 1.75 bits per heavy atom. The van der Waals surface area contributed by atoms with Crippen LogP contribution in [-0.2, 0) is 18.4 Å². The maximum atomic E-state index is 13.1. The normalized spacial score (nSPS) is 19.8. The second-order valence-corrected chi connectivity index (χ2v) is 9.90. The molecule has 3 aromatic rings. The topological polar surface area (TPSA) is 74.8 Å². The van der Waals surface area contributed by atoms with Crippen molar-refractivity contribution in [3.63, 3.8) is 0 Å². The van der Waals surface area contributed by atoms with Gasteiger partial charge in [-0.3, -0.25) is 18.9 Å². The monoisotopic (exact) mass is 487 g/mol. The van der Waals surface area contributed by atoms with Crippen LogP contribution in [0.2, 0.25) is 0 Å². The molecule has 0 N–H and O–H groups in total. The van der Waals surface area contributed by atoms with Gasteiger partial charge in [-0.1, -0.05) is 12.1 Å². The molecule has 1 aliphatic heterocycles. The Hall–Kier alpha value is -3.61. The van der Waals surface area contributed by atoms with E-state index in [9.17, 15) is 9.59 Å². The van der Waals surface area contributed by atoms with Crippen LogP contribution in [0.5, 0.6) is 11.5 Å². The van der Waals surface area contributed by atoms with Crippen LogP contribution in [-0.4, -0.2) is 41.4 Å². The molecule has 7 heteroatoms. The number of ether oxygens (including phenoxy) is 2. The van der Waals surface area contributed by atoms with E-state index in [0.29, 0.717) is 31.2 Å². The first-order valence-corrected chi connectivity index (χ1v) is 12.6. The van der Waals surface area contributed by atoms with Gasteiger partial charge in [-0.05, 0) is 67.5 Å². The fourth-order valence-corrected chi connectivity index (χ4v) is 5.52. The molecule has 0 amide bonds. The summed E-state index contributed by atoms with van der Waals surface area (Å²) in [5, 5.41) is 0. The van der Waals surface area contributed by atoms with Crippen molar-refractivity contribution in [3.8, 4) is 11.5 Å². The molecule has 7 nitrogen and oxygen atoms in total. The van der Waals surface area contributed by atoms with Crippen LogP contribution in [0.4, 0.5) is 0 Å². The van der Waals surface area contributed by atoms with Crippen LogP contribution < -0.4 is 15.2 Å². The lowest BCUT2D eigenvalue weighted by Gasteiger charge is -2.28. The van der Waals surface area contributed by atoms with Crippen LogP contribution in [0, 0.1) is 11.8 Å². The van der Waals surface area contributed by atoms with Crippen LogP contribution in [0.3, 0.4) is 0 Å². The number of aliphatic imine (C=N–C) groups is 1. The van der Waals surface area contributed by atoms with Gasteiger partial charge in [0.1, 0.15) is 17.3 Å². The van der Waals surface area contributed by atoms with Crippen molar-refractivity contribution in [1.29, 1.82) is 0 Å². The molecular weight excluding hydrogens is 454 g/mol. The van der Waals surface area contributed by atoms with Crippen LogP contribution in [0.1, 0.15) is 37.7 Å². The summed E-state index contributed by atoms with van der Waals surface area (Å²) in [4.78, 5) is 30.6. The van der Waals surface area contributed by atoms with Crippen molar-refractivity contribution in [2.24, 2.45) is 23.9 Å². The number of fused-ring (bicyclic) bond motifs is 1. The number of nitrogens with zero attached hydrogens (tertiary/aromatic N) is 3. The van der Waals surface area contributed by atoms with E-state index in [4.69, 9.17) is 9.47 Å². The molecular formula is C29H33N3O4. The third-order valence-corrected chi connectivity index (χ3v) is 7.66. The van der Waals surface area contributed by atoms with Gasteiger partial charge >= 0.3 is 5.69 Å². The zero-order valence-electron chi connectivity index (χ0n) is 21.2. The second-order valence-electron chi connectivity index (χ2n) is 9.90. The molecule has 2 aromatic carbocycles. The maximum Gasteiger partial charge on any atom is 0.328 e. The first-order chi connectivity index (χ1) is 17.5. The van der Waals surface area contributed by atoms with Gasteiger partial charge in [-0.25, -0.2) is 4.79 Å². The summed E-state index contributed by atoms with van der Waals surface area (Å²) in [5.74, 6) is 2.34. The fourth-order valence-electron chi connectivity index (χ4n) is 5.52. The van der Waals surface area contributed by atoms with Crippen LogP contribution in [0.25, 0.3) is 11.0 Å². The lowest BCUT2D eigenvalue weighted by molar-refractivity contribution is -0.123. The summed E-state index contributed by atoms with van der Waals surface area (Å²) in [6.07, 6.45) is 6.18. The summed E-state index contributed by atoms with van der Waals surface area (Å²) in [6.45, 7) is 1.26. The number of Topliss-reactive ketones (excluding diaryl/α,β-unsaturated/α-hetero) is 1. The fraction of sp³-hybridized carbons (Fsp3) is 0.414. The molecule has 0 saturated heterocycles. The Labute approximate surface area is 211 Å². The number of imidazole rings is 1. The van der Waals surface area contributed by atoms with Crippen molar-refractivity contribution in [1.82, 2.24) is 9.13 Å². The summed E-state index contributed by atoms with van der Waals surface area (Å²) >= 11 is 0. The zero-order valence-corrected chi connectivity index (χ0v) is 21.2. The van der Waals surface area contributed by atoms with Gasteiger partial charge in [0.05, 0.1) is 37.5 Å². The quantitative estimate of drug-likeness (QED) is 0.467. The highest BCUT2D eigenvalue weighted by Gasteiger charge is 2.28. The lowest BCUT2D eigenvalue weighted by Crippen LogP contribution is -2.29. The second kappa shape index (κ2) is 10.2. The highest BCUT2D eigenvalue weighted by Crippen LogP contribution is 2.33. The first-order valence-electron chi connectivity index (χ1n) is 12.6. The van der Waals surface area contributed by atoms with Crippen molar-refractivity contribution < 1.29 is 14.3 Å². The van der Waals surface area contributed by atoms with Gasteiger partial charge in [-0.2, -0.15) is 0 Å². The molecule has 0 atom stereocenters. The molecule has 2 heterocycles. The Kier molecular flexibility index (Phi) is 6.81. The molecule has 2 aliphatic rings. The lowest BCUT2D eigenvalue weighted by atomic mass is 9.78. The molecule has 1 fully saturated rings. The van der Waals surface area contributed by atoms with Crippen molar-refractivity contribution in [2.75, 3.05) is 20.8 Å². The number of hydrogen-bond donors (Lipinski definition) is 0. The molecule has 36 heavy (non-hydrogen) atoms. The number of ketones is 1. The van der Waals surface area contributed by atoms with Crippen molar-refractivity contribution >= 4 is 22.5 Å². The Morgan fingerprint density at radius 1 is 1.00 bits per heavy atom. The number of allylic oxidation sites excluding steroid dienone is 1. The van der Waals surface area contributed by atoms with Gasteiger partial charge in [0.25, 0.3) is 0 Å². The molecule has 0 radical (unpaired) electrons. The highest BCUT2D eigenvalue weighted by atomic mass is 16.5. The number of benzene rings is 2. The summed E-state index contributed by atoms with van der Waals surface area (Å²) < 4.78 is 14.2. The van der Waals surface area contributed by atoms with Gasteiger partial charge in [-0.15, -0.1) is 0 Å². The number of carbonyl (C=O) groups is 1. The number of hydrogen-bond acceptors (Lipinski definition) is 5. The number of methoxy groups -OCH3 is 2. The van der Waals surface area contributed by atoms with E-state index in [-0.39, 0.29) is 11.6 Å². The average molecular weight is 488 g/mol. The summed E-state index contributed by atoms with van der Waals surface area (Å²) in [7, 11) is 5.10. The number of aromatic nitrogens is 2. The standard InChI is InChI=1S/C29H33N3O4/c1-31-26-12-11-24(36-3)16-27(26)32(29(31)34)18-19-7-9-21(10-8-19)28(33)14-20-13-25(30-17-20)22-5-4-6-23(15-22)35-2/h4-6,11-13,15-16,19,21H,7-10,14,17-18H2,1-3H3.